The molecule has 0 radical (unpaired) electrons. The summed E-state index contributed by atoms with van der Waals surface area (Å²) in [5.74, 6) is 0. The highest BCUT2D eigenvalue weighted by Crippen LogP contribution is 2.20. The molecule has 0 spiro atoms. The Balaban J connectivity index is 2.22. The predicted octanol–water partition coefficient (Wildman–Crippen LogP) is 2.01. The Morgan fingerprint density at radius 3 is 2.88 bits per heavy atom. The Kier molecular flexibility index (Phi) is 3.37. The van der Waals surface area contributed by atoms with Gasteiger partial charge in [0.2, 0.25) is 0 Å². The van der Waals surface area contributed by atoms with Crippen LogP contribution in [0.15, 0.2) is 36.7 Å². The largest absolute Gasteiger partial charge is 0.396 e. The molecule has 0 saturated carbocycles. The van der Waals surface area contributed by atoms with Crippen LogP contribution in [0.2, 0.25) is 0 Å². The average Bonchev–Trinajstić information content (AvgIpc) is 2.74. The number of benzene rings is 1. The summed E-state index contributed by atoms with van der Waals surface area (Å²) >= 11 is 0. The average molecular weight is 216 g/mol. The number of aromatic nitrogens is 2. The summed E-state index contributed by atoms with van der Waals surface area (Å²) in [4.78, 5) is 0. The SMILES string of the molecule is Cn1cc(-c2cccc(CCCO)c2)cn1. The van der Waals surface area contributed by atoms with Gasteiger partial charge in [-0.05, 0) is 24.0 Å². The minimum atomic E-state index is 0.247. The fraction of sp³-hybridized carbons (Fsp3) is 0.308. The summed E-state index contributed by atoms with van der Waals surface area (Å²) in [6, 6.07) is 8.39. The van der Waals surface area contributed by atoms with Crippen LogP contribution in [0.3, 0.4) is 0 Å². The highest BCUT2D eigenvalue weighted by Gasteiger charge is 2.01. The van der Waals surface area contributed by atoms with Crippen molar-refractivity contribution in [1.29, 1.82) is 0 Å². The second-order valence-corrected chi connectivity index (χ2v) is 3.93. The van der Waals surface area contributed by atoms with E-state index >= 15 is 0 Å². The van der Waals surface area contributed by atoms with Crippen molar-refractivity contribution < 1.29 is 5.11 Å². The van der Waals surface area contributed by atoms with Crippen molar-refractivity contribution in [3.05, 3.63) is 42.2 Å². The molecule has 3 nitrogen and oxygen atoms in total. The van der Waals surface area contributed by atoms with Gasteiger partial charge in [0.15, 0.2) is 0 Å². The maximum absolute atomic E-state index is 8.80. The number of aliphatic hydroxyl groups excluding tert-OH is 1. The van der Waals surface area contributed by atoms with Crippen LogP contribution in [-0.4, -0.2) is 21.5 Å². The van der Waals surface area contributed by atoms with E-state index in [4.69, 9.17) is 5.11 Å². The predicted molar refractivity (Wildman–Crippen MR) is 64.1 cm³/mol. The molecule has 2 aromatic rings. The van der Waals surface area contributed by atoms with Gasteiger partial charge in [-0.3, -0.25) is 4.68 Å². The van der Waals surface area contributed by atoms with E-state index in [0.29, 0.717) is 0 Å². The molecule has 0 fully saturated rings. The first-order valence-electron chi connectivity index (χ1n) is 5.48. The lowest BCUT2D eigenvalue weighted by atomic mass is 10.0. The Morgan fingerprint density at radius 1 is 1.31 bits per heavy atom. The van der Waals surface area contributed by atoms with Gasteiger partial charge in [-0.2, -0.15) is 5.10 Å². The molecule has 0 unspecified atom stereocenters. The summed E-state index contributed by atoms with van der Waals surface area (Å²) in [6.07, 6.45) is 5.61. The molecule has 0 saturated heterocycles. The zero-order chi connectivity index (χ0) is 11.4. The van der Waals surface area contributed by atoms with Crippen LogP contribution >= 0.6 is 0 Å². The second-order valence-electron chi connectivity index (χ2n) is 3.93. The monoisotopic (exact) mass is 216 g/mol. The number of rotatable bonds is 4. The standard InChI is InChI=1S/C13H16N2O/c1-15-10-13(9-14-15)12-6-2-4-11(8-12)5-3-7-16/h2,4,6,8-10,16H,3,5,7H2,1H3. The maximum atomic E-state index is 8.80. The molecule has 0 bridgehead atoms. The fourth-order valence-corrected chi connectivity index (χ4v) is 1.76. The first-order valence-corrected chi connectivity index (χ1v) is 5.48. The van der Waals surface area contributed by atoms with Gasteiger partial charge in [0.05, 0.1) is 6.20 Å². The lowest BCUT2D eigenvalue weighted by Gasteiger charge is -2.02. The molecule has 1 aromatic heterocycles. The van der Waals surface area contributed by atoms with Gasteiger partial charge in [0, 0.05) is 25.4 Å². The summed E-state index contributed by atoms with van der Waals surface area (Å²) in [5, 5.41) is 13.0. The number of hydrogen-bond acceptors (Lipinski definition) is 2. The molecule has 0 aliphatic carbocycles. The number of hydrogen-bond donors (Lipinski definition) is 1. The normalized spacial score (nSPS) is 10.6. The van der Waals surface area contributed by atoms with E-state index in [-0.39, 0.29) is 6.61 Å². The number of aliphatic hydroxyl groups is 1. The molecule has 1 aromatic carbocycles. The third-order valence-electron chi connectivity index (χ3n) is 2.59. The van der Waals surface area contributed by atoms with Crippen LogP contribution in [0.1, 0.15) is 12.0 Å². The first-order chi connectivity index (χ1) is 7.79. The van der Waals surface area contributed by atoms with Gasteiger partial charge < -0.3 is 5.11 Å². The highest BCUT2D eigenvalue weighted by molar-refractivity contribution is 5.62. The molecule has 1 N–H and O–H groups in total. The highest BCUT2D eigenvalue weighted by atomic mass is 16.2. The molecule has 1 heterocycles. The molecule has 84 valence electrons. The van der Waals surface area contributed by atoms with E-state index in [1.807, 2.05) is 19.4 Å². The van der Waals surface area contributed by atoms with Crippen molar-refractivity contribution in [2.24, 2.45) is 7.05 Å². The molecule has 2 rings (SSSR count). The molecular formula is C13H16N2O. The summed E-state index contributed by atoms with van der Waals surface area (Å²) < 4.78 is 1.80. The first kappa shape index (κ1) is 10.9. The lowest BCUT2D eigenvalue weighted by molar-refractivity contribution is 0.288. The molecule has 0 atom stereocenters. The molecule has 0 aliphatic rings. The van der Waals surface area contributed by atoms with Crippen molar-refractivity contribution >= 4 is 0 Å². The van der Waals surface area contributed by atoms with Gasteiger partial charge >= 0.3 is 0 Å². The van der Waals surface area contributed by atoms with E-state index in [2.05, 4.69) is 29.4 Å². The van der Waals surface area contributed by atoms with Crippen LogP contribution in [-0.2, 0) is 13.5 Å². The van der Waals surface area contributed by atoms with E-state index in [0.717, 1.165) is 18.4 Å². The smallest absolute Gasteiger partial charge is 0.0568 e. The van der Waals surface area contributed by atoms with Crippen LogP contribution in [0, 0.1) is 0 Å². The molecule has 3 heteroatoms. The zero-order valence-electron chi connectivity index (χ0n) is 9.43. The number of aryl methyl sites for hydroxylation is 2. The summed E-state index contributed by atoms with van der Waals surface area (Å²) in [7, 11) is 1.92. The lowest BCUT2D eigenvalue weighted by Crippen LogP contribution is -1.89. The van der Waals surface area contributed by atoms with Crippen molar-refractivity contribution in [1.82, 2.24) is 9.78 Å². The van der Waals surface area contributed by atoms with Crippen LogP contribution in [0.4, 0.5) is 0 Å². The summed E-state index contributed by atoms with van der Waals surface area (Å²) in [5.41, 5.74) is 3.58. The maximum Gasteiger partial charge on any atom is 0.0568 e. The molecular weight excluding hydrogens is 200 g/mol. The zero-order valence-corrected chi connectivity index (χ0v) is 9.43. The van der Waals surface area contributed by atoms with Gasteiger partial charge in [0.25, 0.3) is 0 Å². The summed E-state index contributed by atoms with van der Waals surface area (Å²) in [6.45, 7) is 0.247. The Morgan fingerprint density at radius 2 is 2.19 bits per heavy atom. The molecule has 0 amide bonds. The van der Waals surface area contributed by atoms with Crippen molar-refractivity contribution in [3.63, 3.8) is 0 Å². The fourth-order valence-electron chi connectivity index (χ4n) is 1.76. The Labute approximate surface area is 95.3 Å². The second kappa shape index (κ2) is 4.94. The van der Waals surface area contributed by atoms with Crippen molar-refractivity contribution in [3.8, 4) is 11.1 Å². The van der Waals surface area contributed by atoms with E-state index in [9.17, 15) is 0 Å². The Hall–Kier alpha value is -1.61. The van der Waals surface area contributed by atoms with Crippen molar-refractivity contribution in [2.75, 3.05) is 6.61 Å². The van der Waals surface area contributed by atoms with Gasteiger partial charge in [-0.25, -0.2) is 0 Å². The minimum Gasteiger partial charge on any atom is -0.396 e. The van der Waals surface area contributed by atoms with E-state index in [1.54, 1.807) is 4.68 Å². The topological polar surface area (TPSA) is 38.0 Å². The van der Waals surface area contributed by atoms with E-state index in [1.165, 1.54) is 11.1 Å². The van der Waals surface area contributed by atoms with E-state index < -0.39 is 0 Å². The van der Waals surface area contributed by atoms with Gasteiger partial charge in [-0.1, -0.05) is 24.3 Å². The third-order valence-corrected chi connectivity index (χ3v) is 2.59. The van der Waals surface area contributed by atoms with Crippen LogP contribution in [0.25, 0.3) is 11.1 Å². The van der Waals surface area contributed by atoms with Crippen molar-refractivity contribution in [2.45, 2.75) is 12.8 Å². The minimum absolute atomic E-state index is 0.247. The van der Waals surface area contributed by atoms with Crippen LogP contribution < -0.4 is 0 Å². The van der Waals surface area contributed by atoms with Gasteiger partial charge in [0.1, 0.15) is 0 Å². The molecule has 0 aliphatic heterocycles. The van der Waals surface area contributed by atoms with Gasteiger partial charge in [-0.15, -0.1) is 0 Å². The Bertz CT molecular complexity index is 462. The third kappa shape index (κ3) is 2.49. The number of nitrogens with zero attached hydrogens (tertiary/aromatic N) is 2. The quantitative estimate of drug-likeness (QED) is 0.849. The molecule has 16 heavy (non-hydrogen) atoms. The van der Waals surface area contributed by atoms with Crippen LogP contribution in [0.5, 0.6) is 0 Å².